The number of carbonyl (C=O) groups excluding carboxylic acids is 1. The highest BCUT2D eigenvalue weighted by molar-refractivity contribution is 6.34. The lowest BCUT2D eigenvalue weighted by atomic mass is 10.1. The predicted molar refractivity (Wildman–Crippen MR) is 59.0 cm³/mol. The fourth-order valence-electron chi connectivity index (χ4n) is 1.01. The summed E-state index contributed by atoms with van der Waals surface area (Å²) in [4.78, 5) is 21.7. The summed E-state index contributed by atoms with van der Waals surface area (Å²) in [5.41, 5.74) is 2.88. The average Bonchev–Trinajstić information content (AvgIpc) is 2.27. The summed E-state index contributed by atoms with van der Waals surface area (Å²) >= 11 is 0. The number of hydrogen-bond donors (Lipinski definition) is 2. The van der Waals surface area contributed by atoms with Crippen LogP contribution in [0.2, 0.25) is 0 Å². The van der Waals surface area contributed by atoms with Crippen molar-refractivity contribution < 1.29 is 14.7 Å². The van der Waals surface area contributed by atoms with Gasteiger partial charge < -0.3 is 5.11 Å². The van der Waals surface area contributed by atoms with Crippen LogP contribution in [0.4, 0.5) is 0 Å². The third kappa shape index (κ3) is 3.91. The highest BCUT2D eigenvalue weighted by atomic mass is 16.4. The molecule has 5 heteroatoms. The van der Waals surface area contributed by atoms with Gasteiger partial charge in [0.15, 0.2) is 0 Å². The Labute approximate surface area is 92.8 Å². The minimum atomic E-state index is -1.15. The molecule has 1 aromatic rings. The predicted octanol–water partition coefficient (Wildman–Crippen LogP) is 0.806. The SMILES string of the molecule is CC(=NNC(=O)Cc1ccccc1)C(=O)O. The minimum Gasteiger partial charge on any atom is -0.477 e. The molecular weight excluding hydrogens is 208 g/mol. The van der Waals surface area contributed by atoms with Crippen LogP contribution in [0.15, 0.2) is 35.4 Å². The van der Waals surface area contributed by atoms with Crippen LogP contribution in [0.25, 0.3) is 0 Å². The van der Waals surface area contributed by atoms with Gasteiger partial charge in [0.05, 0.1) is 6.42 Å². The lowest BCUT2D eigenvalue weighted by molar-refractivity contribution is -0.129. The second kappa shape index (κ2) is 5.65. The maximum atomic E-state index is 11.3. The molecule has 0 saturated heterocycles. The van der Waals surface area contributed by atoms with E-state index in [9.17, 15) is 9.59 Å². The molecule has 0 fully saturated rings. The summed E-state index contributed by atoms with van der Waals surface area (Å²) in [6.07, 6.45) is 0.178. The van der Waals surface area contributed by atoms with Crippen LogP contribution in [-0.2, 0) is 16.0 Å². The average molecular weight is 220 g/mol. The van der Waals surface area contributed by atoms with Crippen molar-refractivity contribution in [2.75, 3.05) is 0 Å². The molecule has 0 saturated carbocycles. The zero-order chi connectivity index (χ0) is 12.0. The first-order chi connectivity index (χ1) is 7.59. The normalized spacial score (nSPS) is 10.9. The molecule has 0 radical (unpaired) electrons. The second-order valence-electron chi connectivity index (χ2n) is 3.20. The molecule has 0 aliphatic rings. The van der Waals surface area contributed by atoms with Crippen LogP contribution in [0, 0.1) is 0 Å². The van der Waals surface area contributed by atoms with E-state index < -0.39 is 5.97 Å². The summed E-state index contributed by atoms with van der Waals surface area (Å²) < 4.78 is 0. The molecule has 0 aliphatic heterocycles. The topological polar surface area (TPSA) is 78.8 Å². The maximum absolute atomic E-state index is 11.3. The first-order valence-corrected chi connectivity index (χ1v) is 4.70. The molecule has 1 aromatic carbocycles. The van der Waals surface area contributed by atoms with Crippen LogP contribution >= 0.6 is 0 Å². The van der Waals surface area contributed by atoms with Gasteiger partial charge in [-0.2, -0.15) is 5.10 Å². The molecule has 1 rings (SSSR count). The number of carboxylic acid groups (broad SMARTS) is 1. The number of amides is 1. The van der Waals surface area contributed by atoms with Gasteiger partial charge in [-0.3, -0.25) is 4.79 Å². The first kappa shape index (κ1) is 11.9. The van der Waals surface area contributed by atoms with Gasteiger partial charge in [-0.15, -0.1) is 0 Å². The van der Waals surface area contributed by atoms with E-state index >= 15 is 0 Å². The number of nitrogens with zero attached hydrogens (tertiary/aromatic N) is 1. The number of rotatable bonds is 4. The van der Waals surface area contributed by atoms with Gasteiger partial charge in [0, 0.05) is 0 Å². The molecule has 1 amide bonds. The number of benzene rings is 1. The Bertz CT molecular complexity index is 412. The van der Waals surface area contributed by atoms with Crippen molar-refractivity contribution in [3.05, 3.63) is 35.9 Å². The quantitative estimate of drug-likeness (QED) is 0.582. The Hall–Kier alpha value is -2.17. The van der Waals surface area contributed by atoms with Crippen molar-refractivity contribution in [3.63, 3.8) is 0 Å². The Morgan fingerprint density at radius 2 is 1.94 bits per heavy atom. The Morgan fingerprint density at radius 1 is 1.31 bits per heavy atom. The van der Waals surface area contributed by atoms with E-state index in [1.54, 1.807) is 0 Å². The number of aliphatic carboxylic acids is 1. The molecule has 5 nitrogen and oxygen atoms in total. The number of carboxylic acids is 1. The second-order valence-corrected chi connectivity index (χ2v) is 3.20. The van der Waals surface area contributed by atoms with Gasteiger partial charge >= 0.3 is 5.97 Å². The lowest BCUT2D eigenvalue weighted by Gasteiger charge is -2.00. The van der Waals surface area contributed by atoms with Gasteiger partial charge in [-0.1, -0.05) is 30.3 Å². The van der Waals surface area contributed by atoms with E-state index in [2.05, 4.69) is 10.5 Å². The Kier molecular flexibility index (Phi) is 4.20. The van der Waals surface area contributed by atoms with Crippen molar-refractivity contribution in [2.45, 2.75) is 13.3 Å². The Morgan fingerprint density at radius 3 is 2.50 bits per heavy atom. The number of nitrogens with one attached hydrogen (secondary N) is 1. The van der Waals surface area contributed by atoms with Crippen molar-refractivity contribution in [3.8, 4) is 0 Å². The molecule has 0 bridgehead atoms. The molecule has 0 aromatic heterocycles. The fraction of sp³-hybridized carbons (Fsp3) is 0.182. The van der Waals surface area contributed by atoms with Crippen LogP contribution in [-0.4, -0.2) is 22.7 Å². The zero-order valence-corrected chi connectivity index (χ0v) is 8.80. The van der Waals surface area contributed by atoms with E-state index in [-0.39, 0.29) is 18.0 Å². The molecule has 2 N–H and O–H groups in total. The molecule has 0 unspecified atom stereocenters. The highest BCUT2D eigenvalue weighted by Gasteiger charge is 2.04. The van der Waals surface area contributed by atoms with Crippen LogP contribution < -0.4 is 5.43 Å². The van der Waals surface area contributed by atoms with Crippen molar-refractivity contribution >= 4 is 17.6 Å². The molecule has 0 heterocycles. The van der Waals surface area contributed by atoms with Gasteiger partial charge in [0.1, 0.15) is 5.71 Å². The molecule has 16 heavy (non-hydrogen) atoms. The third-order valence-electron chi connectivity index (χ3n) is 1.87. The monoisotopic (exact) mass is 220 g/mol. The third-order valence-corrected chi connectivity index (χ3v) is 1.87. The molecular formula is C11H12N2O3. The fourth-order valence-corrected chi connectivity index (χ4v) is 1.01. The van der Waals surface area contributed by atoms with E-state index in [1.807, 2.05) is 30.3 Å². The molecule has 0 aliphatic carbocycles. The van der Waals surface area contributed by atoms with E-state index in [0.29, 0.717) is 0 Å². The summed E-state index contributed by atoms with van der Waals surface area (Å²) in [5, 5.41) is 11.9. The van der Waals surface area contributed by atoms with Crippen LogP contribution in [0.3, 0.4) is 0 Å². The largest absolute Gasteiger partial charge is 0.477 e. The van der Waals surface area contributed by atoms with Crippen molar-refractivity contribution in [1.29, 1.82) is 0 Å². The number of carbonyl (C=O) groups is 2. The smallest absolute Gasteiger partial charge is 0.351 e. The van der Waals surface area contributed by atoms with E-state index in [4.69, 9.17) is 5.11 Å². The number of hydrazone groups is 1. The van der Waals surface area contributed by atoms with E-state index in [0.717, 1.165) is 5.56 Å². The van der Waals surface area contributed by atoms with Crippen molar-refractivity contribution in [2.24, 2.45) is 5.10 Å². The lowest BCUT2D eigenvalue weighted by Crippen LogP contribution is -2.23. The van der Waals surface area contributed by atoms with Gasteiger partial charge in [0.2, 0.25) is 5.91 Å². The first-order valence-electron chi connectivity index (χ1n) is 4.70. The molecule has 84 valence electrons. The van der Waals surface area contributed by atoms with Crippen LogP contribution in [0.5, 0.6) is 0 Å². The van der Waals surface area contributed by atoms with E-state index in [1.165, 1.54) is 6.92 Å². The highest BCUT2D eigenvalue weighted by Crippen LogP contribution is 1.98. The minimum absolute atomic E-state index is 0.151. The summed E-state index contributed by atoms with van der Waals surface area (Å²) in [6, 6.07) is 9.14. The summed E-state index contributed by atoms with van der Waals surface area (Å²) in [7, 11) is 0. The summed E-state index contributed by atoms with van der Waals surface area (Å²) in [5.74, 6) is -1.49. The summed E-state index contributed by atoms with van der Waals surface area (Å²) in [6.45, 7) is 1.31. The van der Waals surface area contributed by atoms with Crippen LogP contribution in [0.1, 0.15) is 12.5 Å². The van der Waals surface area contributed by atoms with Gasteiger partial charge in [-0.05, 0) is 12.5 Å². The molecule has 0 atom stereocenters. The zero-order valence-electron chi connectivity index (χ0n) is 8.80. The van der Waals surface area contributed by atoms with Gasteiger partial charge in [-0.25, -0.2) is 10.2 Å². The Balaban J connectivity index is 2.49. The van der Waals surface area contributed by atoms with Gasteiger partial charge in [0.25, 0.3) is 0 Å². The maximum Gasteiger partial charge on any atom is 0.351 e. The van der Waals surface area contributed by atoms with Crippen molar-refractivity contribution in [1.82, 2.24) is 5.43 Å². The number of hydrogen-bond acceptors (Lipinski definition) is 3. The standard InChI is InChI=1S/C11H12N2O3/c1-8(11(15)16)12-13-10(14)7-9-5-3-2-4-6-9/h2-6H,7H2,1H3,(H,13,14)(H,15,16). The molecule has 0 spiro atoms.